The first kappa shape index (κ1) is 8.01. The summed E-state index contributed by atoms with van der Waals surface area (Å²) in [5.41, 5.74) is 0.952. The fraction of sp³-hybridized carbons (Fsp3) is 0. The van der Waals surface area contributed by atoms with Crippen molar-refractivity contribution in [3.63, 3.8) is 0 Å². The number of rotatable bonds is 3. The van der Waals surface area contributed by atoms with Gasteiger partial charge in [0.05, 0.1) is 0 Å². The van der Waals surface area contributed by atoms with Crippen LogP contribution in [0.25, 0.3) is 0 Å². The first-order valence-electron chi connectivity index (χ1n) is 3.14. The van der Waals surface area contributed by atoms with Crippen molar-refractivity contribution in [3.05, 3.63) is 36.3 Å². The van der Waals surface area contributed by atoms with E-state index in [0.717, 1.165) is 5.69 Å². The van der Waals surface area contributed by atoms with Gasteiger partial charge in [0.2, 0.25) is 0 Å². The minimum atomic E-state index is 0.277. The molecule has 11 heavy (non-hydrogen) atoms. The molecule has 0 bridgehead atoms. The van der Waals surface area contributed by atoms with Gasteiger partial charge in [0.1, 0.15) is 5.75 Å². The van der Waals surface area contributed by atoms with E-state index in [2.05, 4.69) is 11.3 Å². The van der Waals surface area contributed by atoms with Crippen molar-refractivity contribution in [2.75, 3.05) is 4.72 Å². The van der Waals surface area contributed by atoms with Gasteiger partial charge in [-0.2, -0.15) is 0 Å². The molecule has 0 aliphatic rings. The molecule has 0 unspecified atom stereocenters. The summed E-state index contributed by atoms with van der Waals surface area (Å²) in [5, 5.41) is 10.6. The summed E-state index contributed by atoms with van der Waals surface area (Å²) in [7, 11) is 0. The summed E-state index contributed by atoms with van der Waals surface area (Å²) < 4.78 is 3.01. The number of nitrogens with one attached hydrogen (secondary N) is 1. The number of phenols is 1. The summed E-state index contributed by atoms with van der Waals surface area (Å²) in [6.45, 7) is 3.54. The topological polar surface area (TPSA) is 32.3 Å². The van der Waals surface area contributed by atoms with Crippen molar-refractivity contribution in [2.45, 2.75) is 0 Å². The molecule has 0 spiro atoms. The lowest BCUT2D eigenvalue weighted by atomic mass is 10.3. The van der Waals surface area contributed by atoms with Gasteiger partial charge >= 0.3 is 0 Å². The molecule has 0 aliphatic heterocycles. The van der Waals surface area contributed by atoms with Crippen LogP contribution >= 0.6 is 11.9 Å². The van der Waals surface area contributed by atoms with E-state index in [1.54, 1.807) is 29.7 Å². The fourth-order valence-electron chi connectivity index (χ4n) is 0.639. The van der Waals surface area contributed by atoms with Crippen molar-refractivity contribution in [2.24, 2.45) is 0 Å². The average molecular weight is 167 g/mol. The van der Waals surface area contributed by atoms with E-state index in [9.17, 15) is 0 Å². The predicted molar refractivity (Wildman–Crippen MR) is 49.5 cm³/mol. The van der Waals surface area contributed by atoms with Crippen LogP contribution in [0.3, 0.4) is 0 Å². The Hall–Kier alpha value is -1.09. The van der Waals surface area contributed by atoms with Gasteiger partial charge in [0.25, 0.3) is 0 Å². The maximum atomic E-state index is 8.93. The minimum absolute atomic E-state index is 0.277. The first-order valence-corrected chi connectivity index (χ1v) is 4.02. The molecular weight excluding hydrogens is 158 g/mol. The molecule has 0 atom stereocenters. The molecule has 2 nitrogen and oxygen atoms in total. The number of hydrogen-bond donors (Lipinski definition) is 2. The molecule has 1 rings (SSSR count). The first-order chi connectivity index (χ1) is 5.33. The average Bonchev–Trinajstić information content (AvgIpc) is 2.04. The number of hydrogen-bond acceptors (Lipinski definition) is 3. The molecule has 0 saturated heterocycles. The Morgan fingerprint density at radius 1 is 1.36 bits per heavy atom. The number of aromatic hydroxyl groups is 1. The van der Waals surface area contributed by atoms with E-state index in [1.165, 1.54) is 11.9 Å². The lowest BCUT2D eigenvalue weighted by Crippen LogP contribution is -1.81. The van der Waals surface area contributed by atoms with Gasteiger partial charge in [-0.15, -0.1) is 0 Å². The van der Waals surface area contributed by atoms with Crippen LogP contribution in [0.2, 0.25) is 0 Å². The maximum absolute atomic E-state index is 8.93. The Bertz CT molecular complexity index is 232. The Kier molecular flexibility index (Phi) is 2.86. The zero-order valence-corrected chi connectivity index (χ0v) is 6.77. The molecular formula is C8H9NOS. The molecule has 0 radical (unpaired) electrons. The second-order valence-electron chi connectivity index (χ2n) is 1.93. The SMILES string of the molecule is C=CSNc1ccc(O)cc1. The highest BCUT2D eigenvalue weighted by atomic mass is 32.2. The zero-order chi connectivity index (χ0) is 8.10. The summed E-state index contributed by atoms with van der Waals surface area (Å²) >= 11 is 1.40. The van der Waals surface area contributed by atoms with E-state index in [0.29, 0.717) is 0 Å². The van der Waals surface area contributed by atoms with Crippen LogP contribution in [-0.4, -0.2) is 5.11 Å². The van der Waals surface area contributed by atoms with Crippen LogP contribution in [0.1, 0.15) is 0 Å². The van der Waals surface area contributed by atoms with Gasteiger partial charge in [-0.1, -0.05) is 6.58 Å². The Morgan fingerprint density at radius 3 is 2.55 bits per heavy atom. The second kappa shape index (κ2) is 3.93. The molecule has 0 aromatic heterocycles. The van der Waals surface area contributed by atoms with Crippen molar-refractivity contribution in [1.29, 1.82) is 0 Å². The third-order valence-corrected chi connectivity index (χ3v) is 1.65. The molecule has 0 amide bonds. The van der Waals surface area contributed by atoms with Gasteiger partial charge in [-0.05, 0) is 41.6 Å². The predicted octanol–water partition coefficient (Wildman–Crippen LogP) is 2.60. The standard InChI is InChI=1S/C8H9NOS/c1-2-11-9-7-3-5-8(10)6-4-7/h2-6,9-10H,1H2. The van der Waals surface area contributed by atoms with Crippen molar-refractivity contribution in [1.82, 2.24) is 0 Å². The summed E-state index contributed by atoms with van der Waals surface area (Å²) in [5.74, 6) is 0.277. The van der Waals surface area contributed by atoms with Gasteiger partial charge in [-0.3, -0.25) is 0 Å². The molecule has 1 aromatic carbocycles. The van der Waals surface area contributed by atoms with Crippen molar-refractivity contribution < 1.29 is 5.11 Å². The normalized spacial score (nSPS) is 9.09. The number of phenolic OH excluding ortho intramolecular Hbond substituents is 1. The molecule has 2 N–H and O–H groups in total. The Labute approximate surface area is 70.1 Å². The molecule has 1 aromatic rings. The van der Waals surface area contributed by atoms with E-state index >= 15 is 0 Å². The molecule has 3 heteroatoms. The van der Waals surface area contributed by atoms with E-state index in [1.807, 2.05) is 0 Å². The van der Waals surface area contributed by atoms with Gasteiger partial charge < -0.3 is 9.83 Å². The maximum Gasteiger partial charge on any atom is 0.115 e. The Balaban J connectivity index is 2.58. The monoisotopic (exact) mass is 167 g/mol. The lowest BCUT2D eigenvalue weighted by molar-refractivity contribution is 0.475. The highest BCUT2D eigenvalue weighted by Gasteiger charge is 1.88. The van der Waals surface area contributed by atoms with Crippen LogP contribution < -0.4 is 4.72 Å². The quantitative estimate of drug-likeness (QED) is 0.536. The number of benzene rings is 1. The Morgan fingerprint density at radius 2 is 2.00 bits per heavy atom. The molecule has 0 aliphatic carbocycles. The summed E-state index contributed by atoms with van der Waals surface area (Å²) in [4.78, 5) is 0. The smallest absolute Gasteiger partial charge is 0.115 e. The van der Waals surface area contributed by atoms with Crippen LogP contribution in [-0.2, 0) is 0 Å². The van der Waals surface area contributed by atoms with Crippen molar-refractivity contribution >= 4 is 17.6 Å². The minimum Gasteiger partial charge on any atom is -0.508 e. The third kappa shape index (κ3) is 2.55. The third-order valence-electron chi connectivity index (χ3n) is 1.13. The van der Waals surface area contributed by atoms with Crippen molar-refractivity contribution in [3.8, 4) is 5.75 Å². The van der Waals surface area contributed by atoms with E-state index in [-0.39, 0.29) is 5.75 Å². The molecule has 58 valence electrons. The van der Waals surface area contributed by atoms with E-state index < -0.39 is 0 Å². The van der Waals surface area contributed by atoms with Crippen LogP contribution in [0.5, 0.6) is 5.75 Å². The number of anilines is 1. The molecule has 0 saturated carbocycles. The molecule has 0 fully saturated rings. The lowest BCUT2D eigenvalue weighted by Gasteiger charge is -2.00. The zero-order valence-electron chi connectivity index (χ0n) is 5.95. The van der Waals surface area contributed by atoms with Gasteiger partial charge in [0, 0.05) is 5.69 Å². The van der Waals surface area contributed by atoms with Crippen LogP contribution in [0.15, 0.2) is 36.3 Å². The van der Waals surface area contributed by atoms with E-state index in [4.69, 9.17) is 5.11 Å². The highest BCUT2D eigenvalue weighted by Crippen LogP contribution is 2.16. The largest absolute Gasteiger partial charge is 0.508 e. The second-order valence-corrected chi connectivity index (χ2v) is 2.71. The van der Waals surface area contributed by atoms with Crippen LogP contribution in [0, 0.1) is 0 Å². The molecule has 0 heterocycles. The highest BCUT2D eigenvalue weighted by molar-refractivity contribution is 8.03. The fourth-order valence-corrected chi connectivity index (χ4v) is 0.995. The summed E-state index contributed by atoms with van der Waals surface area (Å²) in [6.07, 6.45) is 0. The van der Waals surface area contributed by atoms with Gasteiger partial charge in [0.15, 0.2) is 0 Å². The summed E-state index contributed by atoms with van der Waals surface area (Å²) in [6, 6.07) is 6.86. The van der Waals surface area contributed by atoms with Gasteiger partial charge in [-0.25, -0.2) is 0 Å². The van der Waals surface area contributed by atoms with Crippen LogP contribution in [0.4, 0.5) is 5.69 Å².